The summed E-state index contributed by atoms with van der Waals surface area (Å²) in [6.07, 6.45) is 2.47. The van der Waals surface area contributed by atoms with Crippen molar-refractivity contribution in [3.63, 3.8) is 0 Å². The Morgan fingerprint density at radius 1 is 1.18 bits per heavy atom. The quantitative estimate of drug-likeness (QED) is 0.436. The highest BCUT2D eigenvalue weighted by Gasteiger charge is 2.19. The zero-order valence-electron chi connectivity index (χ0n) is 13.8. The third-order valence-electron chi connectivity index (χ3n) is 3.65. The van der Waals surface area contributed by atoms with Crippen molar-refractivity contribution in [1.29, 1.82) is 0 Å². The molecule has 0 amide bonds. The summed E-state index contributed by atoms with van der Waals surface area (Å²) in [6.45, 7) is 0. The maximum atomic E-state index is 11.6. The van der Waals surface area contributed by atoms with E-state index in [1.165, 1.54) is 24.3 Å². The van der Waals surface area contributed by atoms with Gasteiger partial charge in [-0.2, -0.15) is 0 Å². The van der Waals surface area contributed by atoms with Crippen molar-refractivity contribution in [2.24, 2.45) is 0 Å². The molecule has 142 valence electrons. The van der Waals surface area contributed by atoms with Crippen LogP contribution in [0.15, 0.2) is 44.3 Å². The van der Waals surface area contributed by atoms with E-state index in [2.05, 4.69) is 4.98 Å². The number of aromatic nitrogens is 2. The highest BCUT2D eigenvalue weighted by Crippen LogP contribution is 2.27. The van der Waals surface area contributed by atoms with E-state index in [1.807, 2.05) is 0 Å². The fourth-order valence-electron chi connectivity index (χ4n) is 2.40. The van der Waals surface area contributed by atoms with Crippen LogP contribution in [-0.4, -0.2) is 26.0 Å². The Labute approximate surface area is 159 Å². The van der Waals surface area contributed by atoms with E-state index in [-0.39, 0.29) is 22.0 Å². The maximum absolute atomic E-state index is 11.6. The van der Waals surface area contributed by atoms with Gasteiger partial charge in [0.25, 0.3) is 0 Å². The molecule has 3 aromatic rings. The van der Waals surface area contributed by atoms with Gasteiger partial charge < -0.3 is 14.5 Å². The summed E-state index contributed by atoms with van der Waals surface area (Å²) in [6, 6.07) is 7.42. The fraction of sp³-hybridized carbons (Fsp3) is 0. The molecule has 0 atom stereocenters. The van der Waals surface area contributed by atoms with Crippen molar-refractivity contribution in [1.82, 2.24) is 9.97 Å². The number of benzene rings is 1. The molecular weight excluding hydrogens is 394 g/mol. The van der Waals surface area contributed by atoms with Gasteiger partial charge in [-0.1, -0.05) is 11.6 Å². The molecule has 0 saturated heterocycles. The second-order valence-electron chi connectivity index (χ2n) is 5.46. The van der Waals surface area contributed by atoms with Crippen molar-refractivity contribution in [3.8, 4) is 11.3 Å². The van der Waals surface area contributed by atoms with Crippen molar-refractivity contribution in [2.45, 2.75) is 0 Å². The van der Waals surface area contributed by atoms with Crippen molar-refractivity contribution >= 4 is 35.4 Å². The molecule has 0 aliphatic carbocycles. The molecule has 1 aromatic carbocycles. The van der Waals surface area contributed by atoms with Crippen LogP contribution in [0.5, 0.6) is 0 Å². The molecule has 11 heteroatoms. The molecule has 3 rings (SSSR count). The summed E-state index contributed by atoms with van der Waals surface area (Å²) in [5, 5.41) is 20.2. The Morgan fingerprint density at radius 2 is 1.93 bits per heavy atom. The average Bonchev–Trinajstić information content (AvgIpc) is 3.08. The molecule has 10 nitrogen and oxygen atoms in total. The van der Waals surface area contributed by atoms with E-state index >= 15 is 0 Å². The standard InChI is InChI=1S/C17H10ClN3O7/c18-11-4-1-8(7-10(11)16(23)24)13-6-3-9(28-13)2-5-12-14(21(26)27)15(22)20-17(25)19-12/h1-7H,(H,23,24)(H2,19,20,22,25)/b5-2+. The maximum Gasteiger partial charge on any atom is 0.357 e. The Morgan fingerprint density at radius 3 is 2.61 bits per heavy atom. The largest absolute Gasteiger partial charge is 0.478 e. The van der Waals surface area contributed by atoms with Crippen LogP contribution in [0.4, 0.5) is 5.69 Å². The van der Waals surface area contributed by atoms with Crippen LogP contribution in [0.3, 0.4) is 0 Å². The first-order chi connectivity index (χ1) is 13.3. The Bertz CT molecular complexity index is 1240. The third-order valence-corrected chi connectivity index (χ3v) is 3.98. The number of nitrogens with one attached hydrogen (secondary N) is 2. The summed E-state index contributed by atoms with van der Waals surface area (Å²) in [7, 11) is 0. The van der Waals surface area contributed by atoms with Gasteiger partial charge in [0.2, 0.25) is 0 Å². The highest BCUT2D eigenvalue weighted by molar-refractivity contribution is 6.33. The molecule has 0 aliphatic heterocycles. The number of nitro groups is 1. The normalized spacial score (nSPS) is 11.0. The summed E-state index contributed by atoms with van der Waals surface area (Å²) in [4.78, 5) is 48.2. The number of carboxylic acid groups (broad SMARTS) is 1. The smallest absolute Gasteiger partial charge is 0.357 e. The number of carbonyl (C=O) groups is 1. The Hall–Kier alpha value is -3.92. The molecule has 0 saturated carbocycles. The molecule has 2 aromatic heterocycles. The molecule has 0 bridgehead atoms. The highest BCUT2D eigenvalue weighted by atomic mass is 35.5. The molecule has 2 heterocycles. The van der Waals surface area contributed by atoms with Crippen LogP contribution in [0, 0.1) is 10.1 Å². The average molecular weight is 404 g/mol. The van der Waals surface area contributed by atoms with E-state index in [0.29, 0.717) is 11.3 Å². The number of hydrogen-bond acceptors (Lipinski definition) is 6. The minimum absolute atomic E-state index is 0.0773. The zero-order chi connectivity index (χ0) is 20.4. The molecule has 0 unspecified atom stereocenters. The summed E-state index contributed by atoms with van der Waals surface area (Å²) < 4.78 is 5.56. The number of furan rings is 1. The van der Waals surface area contributed by atoms with Crippen LogP contribution in [0.2, 0.25) is 5.02 Å². The van der Waals surface area contributed by atoms with Gasteiger partial charge in [-0.05, 0) is 42.5 Å². The Balaban J connectivity index is 1.96. The Kier molecular flexibility index (Phi) is 4.96. The number of rotatable bonds is 5. The van der Waals surface area contributed by atoms with E-state index in [9.17, 15) is 24.5 Å². The number of halogens is 1. The molecular formula is C17H10ClN3O7. The third kappa shape index (κ3) is 3.76. The van der Waals surface area contributed by atoms with Crippen LogP contribution < -0.4 is 11.2 Å². The van der Waals surface area contributed by atoms with Crippen molar-refractivity contribution in [2.75, 3.05) is 0 Å². The van der Waals surface area contributed by atoms with Gasteiger partial charge in [0.15, 0.2) is 0 Å². The van der Waals surface area contributed by atoms with E-state index < -0.39 is 27.8 Å². The van der Waals surface area contributed by atoms with Crippen LogP contribution >= 0.6 is 11.6 Å². The van der Waals surface area contributed by atoms with Gasteiger partial charge in [0.05, 0.1) is 15.5 Å². The lowest BCUT2D eigenvalue weighted by Crippen LogP contribution is -2.25. The van der Waals surface area contributed by atoms with Gasteiger partial charge in [-0.25, -0.2) is 9.59 Å². The first kappa shape index (κ1) is 18.9. The summed E-state index contributed by atoms with van der Waals surface area (Å²) in [5.41, 5.74) is -2.77. The predicted octanol–water partition coefficient (Wildman–Crippen LogP) is 2.75. The zero-order valence-corrected chi connectivity index (χ0v) is 14.5. The minimum Gasteiger partial charge on any atom is -0.478 e. The second kappa shape index (κ2) is 7.37. The molecule has 0 fully saturated rings. The van der Waals surface area contributed by atoms with Crippen molar-refractivity contribution < 1.29 is 19.2 Å². The minimum atomic E-state index is -1.19. The number of aromatic carboxylic acids is 1. The monoisotopic (exact) mass is 403 g/mol. The first-order valence-electron chi connectivity index (χ1n) is 7.58. The van der Waals surface area contributed by atoms with Gasteiger partial charge in [0, 0.05) is 5.56 Å². The lowest BCUT2D eigenvalue weighted by molar-refractivity contribution is -0.386. The van der Waals surface area contributed by atoms with Crippen LogP contribution in [-0.2, 0) is 0 Å². The van der Waals surface area contributed by atoms with Gasteiger partial charge in [-0.15, -0.1) is 0 Å². The molecule has 0 spiro atoms. The lowest BCUT2D eigenvalue weighted by atomic mass is 10.1. The molecule has 28 heavy (non-hydrogen) atoms. The molecule has 0 aliphatic rings. The van der Waals surface area contributed by atoms with Gasteiger partial charge >= 0.3 is 22.9 Å². The van der Waals surface area contributed by atoms with Crippen molar-refractivity contribution in [3.05, 3.63) is 83.3 Å². The molecule has 0 radical (unpaired) electrons. The topological polar surface area (TPSA) is 159 Å². The van der Waals surface area contributed by atoms with E-state index in [4.69, 9.17) is 21.1 Å². The molecule has 3 N–H and O–H groups in total. The first-order valence-corrected chi connectivity index (χ1v) is 7.96. The van der Waals surface area contributed by atoms with E-state index in [0.717, 1.165) is 6.08 Å². The number of hydrogen-bond donors (Lipinski definition) is 3. The summed E-state index contributed by atoms with van der Waals surface area (Å²) >= 11 is 5.83. The van der Waals surface area contributed by atoms with Crippen LogP contribution in [0.1, 0.15) is 21.8 Å². The lowest BCUT2D eigenvalue weighted by Gasteiger charge is -2.02. The predicted molar refractivity (Wildman–Crippen MR) is 99.4 cm³/mol. The number of carboxylic acids is 1. The van der Waals surface area contributed by atoms with E-state index in [1.54, 1.807) is 17.1 Å². The second-order valence-corrected chi connectivity index (χ2v) is 5.87. The van der Waals surface area contributed by atoms with Crippen LogP contribution in [0.25, 0.3) is 23.5 Å². The van der Waals surface area contributed by atoms with Gasteiger partial charge in [-0.3, -0.25) is 19.9 Å². The number of H-pyrrole nitrogens is 2. The summed E-state index contributed by atoms with van der Waals surface area (Å²) in [5.74, 6) is -0.617. The SMILES string of the molecule is O=C(O)c1cc(-c2ccc(/C=C/c3[nH]c(=O)[nH]c(=O)c3[N+](=O)[O-])o2)ccc1Cl. The van der Waals surface area contributed by atoms with Gasteiger partial charge in [0.1, 0.15) is 17.2 Å². The number of aromatic amines is 2. The number of nitrogens with zero attached hydrogens (tertiary/aromatic N) is 1. The fourth-order valence-corrected chi connectivity index (χ4v) is 2.60.